The normalized spacial score (nSPS) is 10.8. The fourth-order valence-electron chi connectivity index (χ4n) is 2.10. The Kier molecular flexibility index (Phi) is 2.64. The molecule has 20 heavy (non-hydrogen) atoms. The quantitative estimate of drug-likeness (QED) is 0.693. The van der Waals surface area contributed by atoms with Crippen molar-refractivity contribution in [1.29, 1.82) is 0 Å². The first kappa shape index (κ1) is 12.2. The average molecular weight is 270 g/mol. The molecule has 0 fully saturated rings. The van der Waals surface area contributed by atoms with Crippen molar-refractivity contribution >= 4 is 28.0 Å². The number of hydrogen-bond acceptors (Lipinski definition) is 5. The van der Waals surface area contributed by atoms with Crippen molar-refractivity contribution in [2.24, 2.45) is 0 Å². The molecule has 0 saturated carbocycles. The van der Waals surface area contributed by atoms with Crippen LogP contribution in [0.3, 0.4) is 0 Å². The molecular formula is C14H10N2O4. The second-order valence-electron chi connectivity index (χ2n) is 4.19. The van der Waals surface area contributed by atoms with Crippen molar-refractivity contribution in [3.05, 3.63) is 35.9 Å². The lowest BCUT2D eigenvalue weighted by Crippen LogP contribution is -2.00. The second-order valence-corrected chi connectivity index (χ2v) is 4.19. The van der Waals surface area contributed by atoms with Gasteiger partial charge in [-0.15, -0.1) is 0 Å². The van der Waals surface area contributed by atoms with Gasteiger partial charge in [-0.1, -0.05) is 6.07 Å². The fraction of sp³-hybridized carbons (Fsp3) is 0.0714. The molecule has 0 unspecified atom stereocenters. The van der Waals surface area contributed by atoms with Crippen LogP contribution < -0.4 is 4.74 Å². The number of carboxylic acids is 1. The number of methoxy groups -OCH3 is 1. The number of hydrogen-bond donors (Lipinski definition) is 2. The number of carbonyl (C=O) groups is 1. The van der Waals surface area contributed by atoms with Gasteiger partial charge in [0, 0.05) is 0 Å². The number of aromatic carboxylic acids is 1. The molecule has 1 aromatic heterocycles. The number of nitrogens with zero attached hydrogens (tertiary/aromatic N) is 2. The van der Waals surface area contributed by atoms with Crippen LogP contribution in [0.15, 0.2) is 30.3 Å². The molecule has 0 amide bonds. The monoisotopic (exact) mass is 270 g/mol. The topological polar surface area (TPSA) is 92.5 Å². The summed E-state index contributed by atoms with van der Waals surface area (Å²) in [6.07, 6.45) is 0. The van der Waals surface area contributed by atoms with Crippen LogP contribution in [0.25, 0.3) is 22.1 Å². The van der Waals surface area contributed by atoms with Gasteiger partial charge in [-0.3, -0.25) is 0 Å². The van der Waals surface area contributed by atoms with Crippen LogP contribution in [-0.2, 0) is 0 Å². The highest BCUT2D eigenvalue weighted by atomic mass is 16.5. The third kappa shape index (κ3) is 1.70. The van der Waals surface area contributed by atoms with Crippen molar-refractivity contribution in [3.8, 4) is 11.5 Å². The second kappa shape index (κ2) is 4.34. The molecule has 0 atom stereocenters. The van der Waals surface area contributed by atoms with Crippen molar-refractivity contribution in [2.45, 2.75) is 0 Å². The molecule has 3 aromatic rings. The van der Waals surface area contributed by atoms with Gasteiger partial charge in [0.2, 0.25) is 0 Å². The molecule has 6 nitrogen and oxygen atoms in total. The van der Waals surface area contributed by atoms with Gasteiger partial charge in [-0.25, -0.2) is 14.8 Å². The Morgan fingerprint density at radius 3 is 2.50 bits per heavy atom. The van der Waals surface area contributed by atoms with Gasteiger partial charge in [0.1, 0.15) is 11.0 Å². The zero-order valence-electron chi connectivity index (χ0n) is 10.5. The highest BCUT2D eigenvalue weighted by Crippen LogP contribution is 2.33. The standard InChI is InChI=1S/C14H10N2O4/c1-20-13-10(17)6-5-9-12(13)16-8-4-2-3-7(14(18)19)11(8)15-9/h2-6,17H,1H3,(H,18,19). The van der Waals surface area contributed by atoms with Crippen LogP contribution in [0.5, 0.6) is 11.5 Å². The first-order valence-electron chi connectivity index (χ1n) is 5.81. The summed E-state index contributed by atoms with van der Waals surface area (Å²) in [6.45, 7) is 0. The van der Waals surface area contributed by atoms with Crippen molar-refractivity contribution in [2.75, 3.05) is 7.11 Å². The van der Waals surface area contributed by atoms with E-state index in [-0.39, 0.29) is 17.1 Å². The van der Waals surface area contributed by atoms with Crippen molar-refractivity contribution < 1.29 is 19.7 Å². The van der Waals surface area contributed by atoms with Gasteiger partial charge in [0.05, 0.1) is 23.7 Å². The van der Waals surface area contributed by atoms with Crippen LogP contribution in [0, 0.1) is 0 Å². The van der Waals surface area contributed by atoms with E-state index >= 15 is 0 Å². The predicted octanol–water partition coefficient (Wildman–Crippen LogP) is 2.20. The first-order chi connectivity index (χ1) is 9.61. The van der Waals surface area contributed by atoms with Crippen molar-refractivity contribution in [1.82, 2.24) is 9.97 Å². The molecule has 0 spiro atoms. The van der Waals surface area contributed by atoms with Crippen LogP contribution in [0.2, 0.25) is 0 Å². The maximum atomic E-state index is 11.2. The molecule has 3 rings (SSSR count). The first-order valence-corrected chi connectivity index (χ1v) is 5.81. The highest BCUT2D eigenvalue weighted by Gasteiger charge is 2.15. The Bertz CT molecular complexity index is 845. The Morgan fingerprint density at radius 1 is 1.10 bits per heavy atom. The predicted molar refractivity (Wildman–Crippen MR) is 72.2 cm³/mol. The average Bonchev–Trinajstić information content (AvgIpc) is 2.44. The summed E-state index contributed by atoms with van der Waals surface area (Å²) in [4.78, 5) is 19.9. The highest BCUT2D eigenvalue weighted by molar-refractivity contribution is 6.03. The maximum absolute atomic E-state index is 11.2. The van der Waals surface area contributed by atoms with E-state index in [4.69, 9.17) is 9.84 Å². The molecule has 2 N–H and O–H groups in total. The fourth-order valence-corrected chi connectivity index (χ4v) is 2.10. The number of ether oxygens (including phenoxy) is 1. The van der Waals surface area contributed by atoms with E-state index in [0.29, 0.717) is 22.1 Å². The minimum atomic E-state index is -1.06. The zero-order chi connectivity index (χ0) is 14.3. The van der Waals surface area contributed by atoms with E-state index in [1.54, 1.807) is 18.2 Å². The van der Waals surface area contributed by atoms with Gasteiger partial charge in [0.15, 0.2) is 11.5 Å². The molecule has 6 heteroatoms. The van der Waals surface area contributed by atoms with Gasteiger partial charge in [0.25, 0.3) is 0 Å². The number of phenolic OH excluding ortho intramolecular Hbond substituents is 1. The number of aromatic nitrogens is 2. The molecule has 100 valence electrons. The lowest BCUT2D eigenvalue weighted by molar-refractivity contribution is 0.0699. The summed E-state index contributed by atoms with van der Waals surface area (Å²) >= 11 is 0. The lowest BCUT2D eigenvalue weighted by Gasteiger charge is -2.08. The van der Waals surface area contributed by atoms with E-state index in [1.807, 2.05) is 0 Å². The van der Waals surface area contributed by atoms with Crippen LogP contribution >= 0.6 is 0 Å². The minimum Gasteiger partial charge on any atom is -0.504 e. The van der Waals surface area contributed by atoms with E-state index < -0.39 is 5.97 Å². The zero-order valence-corrected chi connectivity index (χ0v) is 10.5. The van der Waals surface area contributed by atoms with Gasteiger partial charge in [-0.2, -0.15) is 0 Å². The van der Waals surface area contributed by atoms with E-state index in [1.165, 1.54) is 19.2 Å². The largest absolute Gasteiger partial charge is 0.504 e. The third-order valence-corrected chi connectivity index (χ3v) is 3.00. The molecule has 0 aliphatic rings. The van der Waals surface area contributed by atoms with Crippen molar-refractivity contribution in [3.63, 3.8) is 0 Å². The third-order valence-electron chi connectivity index (χ3n) is 3.00. The van der Waals surface area contributed by atoms with Crippen LogP contribution in [0.4, 0.5) is 0 Å². The molecule has 0 bridgehead atoms. The van der Waals surface area contributed by atoms with E-state index in [2.05, 4.69) is 9.97 Å². The Labute approximate surface area is 113 Å². The number of fused-ring (bicyclic) bond motifs is 2. The molecular weight excluding hydrogens is 260 g/mol. The maximum Gasteiger partial charge on any atom is 0.337 e. The number of aromatic hydroxyl groups is 1. The number of rotatable bonds is 2. The van der Waals surface area contributed by atoms with E-state index in [0.717, 1.165) is 0 Å². The summed E-state index contributed by atoms with van der Waals surface area (Å²) in [5.74, 6) is -0.879. The Hall–Kier alpha value is -2.89. The van der Waals surface area contributed by atoms with Crippen LogP contribution in [0.1, 0.15) is 10.4 Å². The molecule has 0 saturated heterocycles. The summed E-state index contributed by atoms with van der Waals surface area (Å²) < 4.78 is 5.12. The summed E-state index contributed by atoms with van der Waals surface area (Å²) in [6, 6.07) is 7.74. The number of benzene rings is 2. The van der Waals surface area contributed by atoms with Crippen LogP contribution in [-0.4, -0.2) is 33.3 Å². The summed E-state index contributed by atoms with van der Waals surface area (Å²) in [5, 5.41) is 18.9. The lowest BCUT2D eigenvalue weighted by atomic mass is 10.1. The SMILES string of the molecule is COc1c(O)ccc2nc3c(C(=O)O)cccc3nc12. The number of carboxylic acid groups (broad SMARTS) is 1. The molecule has 0 aliphatic carbocycles. The molecule has 1 heterocycles. The summed E-state index contributed by atoms with van der Waals surface area (Å²) in [7, 11) is 1.42. The Balaban J connectivity index is 2.46. The smallest absolute Gasteiger partial charge is 0.337 e. The molecule has 0 aliphatic heterocycles. The van der Waals surface area contributed by atoms with Gasteiger partial charge in [-0.05, 0) is 24.3 Å². The van der Waals surface area contributed by atoms with Gasteiger partial charge >= 0.3 is 5.97 Å². The molecule has 2 aromatic carbocycles. The van der Waals surface area contributed by atoms with E-state index in [9.17, 15) is 9.90 Å². The summed E-state index contributed by atoms with van der Waals surface area (Å²) in [5.41, 5.74) is 1.67. The number of para-hydroxylation sites is 1. The number of phenols is 1. The van der Waals surface area contributed by atoms with Gasteiger partial charge < -0.3 is 14.9 Å². The minimum absolute atomic E-state index is 0.0389. The Morgan fingerprint density at radius 2 is 1.80 bits per heavy atom. The molecule has 0 radical (unpaired) electrons.